The van der Waals surface area contributed by atoms with Gasteiger partial charge >= 0.3 is 0 Å². The SMILES string of the molecule is CCCCCOc1ccc(C2c3c(oc4ccc(F)cc4c3=O)C(=O)N2Cc2ccccc2Cl)cc1. The molecule has 1 aromatic heterocycles. The molecular formula is C29H25ClFNO4. The van der Waals surface area contributed by atoms with E-state index in [1.807, 2.05) is 42.5 Å². The predicted octanol–water partition coefficient (Wildman–Crippen LogP) is 6.90. The van der Waals surface area contributed by atoms with Gasteiger partial charge in [-0.25, -0.2) is 4.39 Å². The molecule has 184 valence electrons. The number of ether oxygens (including phenoxy) is 1. The molecule has 0 aliphatic carbocycles. The average molecular weight is 506 g/mol. The minimum absolute atomic E-state index is 0.0314. The van der Waals surface area contributed by atoms with Gasteiger partial charge in [-0.05, 0) is 53.9 Å². The van der Waals surface area contributed by atoms with Crippen LogP contribution in [0.15, 0.2) is 75.9 Å². The first-order valence-electron chi connectivity index (χ1n) is 12.0. The molecule has 5 rings (SSSR count). The molecule has 0 saturated heterocycles. The number of carbonyl (C=O) groups excluding carboxylic acids is 1. The van der Waals surface area contributed by atoms with Gasteiger partial charge in [0.25, 0.3) is 5.91 Å². The van der Waals surface area contributed by atoms with Gasteiger partial charge in [-0.1, -0.05) is 61.7 Å². The first-order valence-corrected chi connectivity index (χ1v) is 12.4. The van der Waals surface area contributed by atoms with Gasteiger partial charge in [0.05, 0.1) is 23.6 Å². The number of halogens is 2. The van der Waals surface area contributed by atoms with Crippen molar-refractivity contribution in [1.82, 2.24) is 4.90 Å². The summed E-state index contributed by atoms with van der Waals surface area (Å²) in [5.41, 5.74) is 1.40. The lowest BCUT2D eigenvalue weighted by Gasteiger charge is -2.25. The van der Waals surface area contributed by atoms with Crippen molar-refractivity contribution in [3.05, 3.63) is 110 Å². The minimum Gasteiger partial charge on any atom is -0.494 e. The summed E-state index contributed by atoms with van der Waals surface area (Å²) in [4.78, 5) is 28.7. The van der Waals surface area contributed by atoms with Crippen molar-refractivity contribution < 1.29 is 18.3 Å². The van der Waals surface area contributed by atoms with Crippen LogP contribution in [0, 0.1) is 5.82 Å². The number of benzene rings is 3. The van der Waals surface area contributed by atoms with Crippen LogP contribution in [0.5, 0.6) is 5.75 Å². The third-order valence-electron chi connectivity index (χ3n) is 6.44. The summed E-state index contributed by atoms with van der Waals surface area (Å²) in [5.74, 6) is -0.285. The molecule has 3 aromatic carbocycles. The van der Waals surface area contributed by atoms with Crippen LogP contribution in [0.2, 0.25) is 5.02 Å². The Morgan fingerprint density at radius 2 is 1.81 bits per heavy atom. The van der Waals surface area contributed by atoms with E-state index in [0.717, 1.165) is 36.5 Å². The Kier molecular flexibility index (Phi) is 6.79. The summed E-state index contributed by atoms with van der Waals surface area (Å²) < 4.78 is 25.7. The van der Waals surface area contributed by atoms with E-state index in [-0.39, 0.29) is 28.8 Å². The highest BCUT2D eigenvalue weighted by molar-refractivity contribution is 6.31. The van der Waals surface area contributed by atoms with Gasteiger partial charge in [0.2, 0.25) is 5.76 Å². The minimum atomic E-state index is -0.721. The molecule has 1 aliphatic heterocycles. The molecule has 0 bridgehead atoms. The second-order valence-electron chi connectivity index (χ2n) is 8.87. The molecule has 0 spiro atoms. The largest absolute Gasteiger partial charge is 0.494 e. The van der Waals surface area contributed by atoms with Crippen LogP contribution in [0.25, 0.3) is 11.0 Å². The molecule has 5 nitrogen and oxygen atoms in total. The van der Waals surface area contributed by atoms with Gasteiger partial charge in [0.1, 0.15) is 17.1 Å². The summed E-state index contributed by atoms with van der Waals surface area (Å²) in [6.07, 6.45) is 3.18. The lowest BCUT2D eigenvalue weighted by molar-refractivity contribution is 0.0714. The highest BCUT2D eigenvalue weighted by Crippen LogP contribution is 2.40. The fourth-order valence-corrected chi connectivity index (χ4v) is 4.80. The van der Waals surface area contributed by atoms with E-state index in [0.29, 0.717) is 17.4 Å². The van der Waals surface area contributed by atoms with Gasteiger partial charge in [0.15, 0.2) is 5.43 Å². The number of fused-ring (bicyclic) bond motifs is 2. The highest BCUT2D eigenvalue weighted by Gasteiger charge is 2.43. The molecule has 2 heterocycles. The number of unbranched alkanes of at least 4 members (excludes halogenated alkanes) is 2. The molecule has 1 aliphatic rings. The van der Waals surface area contributed by atoms with Crippen molar-refractivity contribution >= 4 is 28.5 Å². The fourth-order valence-electron chi connectivity index (χ4n) is 4.60. The van der Waals surface area contributed by atoms with Crippen LogP contribution in [0.1, 0.15) is 59.5 Å². The van der Waals surface area contributed by atoms with Gasteiger partial charge in [-0.3, -0.25) is 9.59 Å². The molecular weight excluding hydrogens is 481 g/mol. The Balaban J connectivity index is 1.59. The molecule has 0 saturated carbocycles. The number of rotatable bonds is 8. The Morgan fingerprint density at radius 1 is 1.03 bits per heavy atom. The molecule has 7 heteroatoms. The molecule has 1 unspecified atom stereocenters. The van der Waals surface area contributed by atoms with E-state index in [1.165, 1.54) is 12.1 Å². The van der Waals surface area contributed by atoms with Crippen molar-refractivity contribution in [3.63, 3.8) is 0 Å². The van der Waals surface area contributed by atoms with Gasteiger partial charge in [0, 0.05) is 11.6 Å². The van der Waals surface area contributed by atoms with E-state index < -0.39 is 23.2 Å². The summed E-state index contributed by atoms with van der Waals surface area (Å²) in [6, 6.07) is 17.6. The summed E-state index contributed by atoms with van der Waals surface area (Å²) in [5, 5.41) is 0.615. The first kappa shape index (κ1) is 24.1. The summed E-state index contributed by atoms with van der Waals surface area (Å²) in [6.45, 7) is 2.93. The van der Waals surface area contributed by atoms with Crippen molar-refractivity contribution in [2.45, 2.75) is 38.8 Å². The first-order chi connectivity index (χ1) is 17.5. The van der Waals surface area contributed by atoms with E-state index in [4.69, 9.17) is 20.8 Å². The Hall–Kier alpha value is -3.64. The number of nitrogens with zero attached hydrogens (tertiary/aromatic N) is 1. The molecule has 0 N–H and O–H groups in total. The number of hydrogen-bond acceptors (Lipinski definition) is 4. The number of hydrogen-bond donors (Lipinski definition) is 0. The van der Waals surface area contributed by atoms with Crippen molar-refractivity contribution in [2.24, 2.45) is 0 Å². The number of carbonyl (C=O) groups is 1. The van der Waals surface area contributed by atoms with Crippen molar-refractivity contribution in [2.75, 3.05) is 6.61 Å². The second-order valence-corrected chi connectivity index (χ2v) is 9.27. The van der Waals surface area contributed by atoms with Crippen LogP contribution in [-0.2, 0) is 6.54 Å². The second kappa shape index (κ2) is 10.2. The third-order valence-corrected chi connectivity index (χ3v) is 6.81. The van der Waals surface area contributed by atoms with Crippen LogP contribution in [-0.4, -0.2) is 17.4 Å². The Morgan fingerprint density at radius 3 is 2.56 bits per heavy atom. The van der Waals surface area contributed by atoms with E-state index >= 15 is 0 Å². The summed E-state index contributed by atoms with van der Waals surface area (Å²) >= 11 is 6.40. The summed E-state index contributed by atoms with van der Waals surface area (Å²) in [7, 11) is 0. The van der Waals surface area contributed by atoms with Gasteiger partial charge in [-0.15, -0.1) is 0 Å². The van der Waals surface area contributed by atoms with Crippen molar-refractivity contribution in [3.8, 4) is 5.75 Å². The quantitative estimate of drug-likeness (QED) is 0.244. The Labute approximate surface area is 213 Å². The van der Waals surface area contributed by atoms with Gasteiger partial charge in [-0.2, -0.15) is 0 Å². The molecule has 4 aromatic rings. The maximum Gasteiger partial charge on any atom is 0.291 e. The lowest BCUT2D eigenvalue weighted by atomic mass is 9.98. The molecule has 0 fully saturated rings. The highest BCUT2D eigenvalue weighted by atomic mass is 35.5. The molecule has 0 radical (unpaired) electrons. The average Bonchev–Trinajstić information content (AvgIpc) is 3.16. The zero-order valence-electron chi connectivity index (χ0n) is 19.8. The fraction of sp³-hybridized carbons (Fsp3) is 0.241. The standard InChI is InChI=1S/C29H25ClFNO4/c1-2-3-6-15-35-21-12-9-18(10-13-21)26-25-27(33)22-16-20(31)11-14-24(22)36-28(25)29(34)32(26)17-19-7-4-5-8-23(19)30/h4-5,7-14,16,26H,2-3,6,15,17H2,1H3. The van der Waals surface area contributed by atoms with Crippen LogP contribution >= 0.6 is 11.6 Å². The Bertz CT molecular complexity index is 1480. The van der Waals surface area contributed by atoms with Crippen molar-refractivity contribution in [1.29, 1.82) is 0 Å². The molecule has 1 amide bonds. The number of amides is 1. The monoisotopic (exact) mass is 505 g/mol. The maximum absolute atomic E-state index is 14.0. The van der Waals surface area contributed by atoms with Crippen LogP contribution in [0.3, 0.4) is 0 Å². The molecule has 36 heavy (non-hydrogen) atoms. The molecule has 1 atom stereocenters. The zero-order valence-corrected chi connectivity index (χ0v) is 20.6. The topological polar surface area (TPSA) is 59.8 Å². The normalized spacial score (nSPS) is 14.9. The van der Waals surface area contributed by atoms with E-state index in [1.54, 1.807) is 11.0 Å². The lowest BCUT2D eigenvalue weighted by Crippen LogP contribution is -2.29. The zero-order chi connectivity index (χ0) is 25.2. The van der Waals surface area contributed by atoms with E-state index in [2.05, 4.69) is 6.92 Å². The van der Waals surface area contributed by atoms with Crippen LogP contribution in [0.4, 0.5) is 4.39 Å². The third kappa shape index (κ3) is 4.49. The smallest absolute Gasteiger partial charge is 0.291 e. The van der Waals surface area contributed by atoms with E-state index in [9.17, 15) is 14.0 Å². The van der Waals surface area contributed by atoms with Gasteiger partial charge < -0.3 is 14.1 Å². The maximum atomic E-state index is 14.0. The predicted molar refractivity (Wildman–Crippen MR) is 137 cm³/mol. The van der Waals surface area contributed by atoms with Crippen LogP contribution < -0.4 is 10.2 Å².